The van der Waals surface area contributed by atoms with Crippen molar-refractivity contribution in [2.75, 3.05) is 19.6 Å². The zero-order valence-electron chi connectivity index (χ0n) is 19.3. The van der Waals surface area contributed by atoms with Crippen LogP contribution in [-0.2, 0) is 17.8 Å². The predicted octanol–water partition coefficient (Wildman–Crippen LogP) is 4.00. The summed E-state index contributed by atoms with van der Waals surface area (Å²) in [6.07, 6.45) is 3.47. The molecule has 0 aliphatic rings. The van der Waals surface area contributed by atoms with E-state index in [2.05, 4.69) is 6.58 Å². The van der Waals surface area contributed by atoms with E-state index in [1.807, 2.05) is 30.3 Å². The van der Waals surface area contributed by atoms with Gasteiger partial charge < -0.3 is 14.2 Å². The Hall–Kier alpha value is -4.80. The van der Waals surface area contributed by atoms with Crippen LogP contribution in [0, 0.1) is 20.2 Å². The van der Waals surface area contributed by atoms with Crippen LogP contribution in [0.15, 0.2) is 84.0 Å². The number of hydrogen-bond donors (Lipinski definition) is 0. The van der Waals surface area contributed by atoms with Gasteiger partial charge in [-0.25, -0.2) is 0 Å². The highest BCUT2D eigenvalue weighted by Gasteiger charge is 2.26. The van der Waals surface area contributed by atoms with Crippen LogP contribution in [0.25, 0.3) is 0 Å². The molecule has 3 rings (SSSR count). The molecule has 0 saturated heterocycles. The van der Waals surface area contributed by atoms with E-state index in [1.54, 1.807) is 17.0 Å². The van der Waals surface area contributed by atoms with Crippen LogP contribution < -0.4 is 0 Å². The van der Waals surface area contributed by atoms with Gasteiger partial charge in [-0.05, 0) is 24.1 Å². The number of carbonyl (C=O) groups is 2. The summed E-state index contributed by atoms with van der Waals surface area (Å²) in [4.78, 5) is 50.0. The maximum Gasteiger partial charge on any atom is 0.277 e. The Kier molecular flexibility index (Phi) is 8.65. The quantitative estimate of drug-likeness (QED) is 0.211. The maximum absolute atomic E-state index is 13.3. The number of amides is 2. The lowest BCUT2D eigenvalue weighted by Gasteiger charge is -2.27. The molecule has 0 N–H and O–H groups in total. The van der Waals surface area contributed by atoms with Gasteiger partial charge in [0.1, 0.15) is 12.3 Å². The van der Waals surface area contributed by atoms with Gasteiger partial charge in [-0.1, -0.05) is 36.4 Å². The van der Waals surface area contributed by atoms with Crippen molar-refractivity contribution in [2.45, 2.75) is 13.0 Å². The van der Waals surface area contributed by atoms with Crippen molar-refractivity contribution < 1.29 is 23.9 Å². The number of nitro benzene ring substituents is 2. The summed E-state index contributed by atoms with van der Waals surface area (Å²) in [7, 11) is 0. The standard InChI is InChI=1S/C25H24N4O7/c1-2-11-27(25(31)20-14-21(28(32)33)16-22(15-20)29(34)35)18-24(30)26(17-23-9-6-13-36-23)12-10-19-7-4-3-5-8-19/h2-9,13-16H,1,10-12,17-18H2. The molecule has 0 aliphatic carbocycles. The second-order valence-corrected chi connectivity index (χ2v) is 7.86. The number of hydrogen-bond acceptors (Lipinski definition) is 7. The fourth-order valence-corrected chi connectivity index (χ4v) is 3.54. The molecular weight excluding hydrogens is 468 g/mol. The molecule has 0 atom stereocenters. The Balaban J connectivity index is 1.83. The summed E-state index contributed by atoms with van der Waals surface area (Å²) in [5.74, 6) is -0.596. The molecule has 0 bridgehead atoms. The maximum atomic E-state index is 13.3. The molecule has 0 unspecified atom stereocenters. The first-order chi connectivity index (χ1) is 17.3. The third kappa shape index (κ3) is 6.86. The zero-order valence-corrected chi connectivity index (χ0v) is 19.3. The Labute approximate surface area is 206 Å². The SMILES string of the molecule is C=CCN(CC(=O)N(CCc1ccccc1)Cc1ccco1)C(=O)c1cc([N+](=O)[O-])cc([N+](=O)[O-])c1. The van der Waals surface area contributed by atoms with E-state index in [0.29, 0.717) is 18.7 Å². The number of nitrogens with zero attached hydrogens (tertiary/aromatic N) is 4. The Morgan fingerprint density at radius 2 is 1.61 bits per heavy atom. The lowest BCUT2D eigenvalue weighted by atomic mass is 10.1. The first-order valence-electron chi connectivity index (χ1n) is 11.0. The predicted molar refractivity (Wildman–Crippen MR) is 130 cm³/mol. The number of furan rings is 1. The molecule has 11 nitrogen and oxygen atoms in total. The van der Waals surface area contributed by atoms with Crippen LogP contribution in [0.5, 0.6) is 0 Å². The van der Waals surface area contributed by atoms with E-state index in [1.165, 1.54) is 12.3 Å². The van der Waals surface area contributed by atoms with Gasteiger partial charge >= 0.3 is 0 Å². The third-order valence-electron chi connectivity index (χ3n) is 5.33. The minimum Gasteiger partial charge on any atom is -0.467 e. The van der Waals surface area contributed by atoms with E-state index in [4.69, 9.17) is 4.42 Å². The van der Waals surface area contributed by atoms with Gasteiger partial charge in [0, 0.05) is 25.2 Å². The highest BCUT2D eigenvalue weighted by atomic mass is 16.6. The summed E-state index contributed by atoms with van der Waals surface area (Å²) in [6, 6.07) is 15.7. The normalized spacial score (nSPS) is 10.4. The molecule has 2 aromatic carbocycles. The fourth-order valence-electron chi connectivity index (χ4n) is 3.54. The first-order valence-corrected chi connectivity index (χ1v) is 11.0. The van der Waals surface area contributed by atoms with Crippen LogP contribution >= 0.6 is 0 Å². The van der Waals surface area contributed by atoms with Gasteiger partial charge in [-0.3, -0.25) is 29.8 Å². The molecule has 11 heteroatoms. The van der Waals surface area contributed by atoms with Gasteiger partial charge in [0.25, 0.3) is 17.3 Å². The van der Waals surface area contributed by atoms with E-state index in [-0.39, 0.29) is 25.2 Å². The number of non-ortho nitro benzene ring substituents is 2. The average Bonchev–Trinajstić information content (AvgIpc) is 3.39. The lowest BCUT2D eigenvalue weighted by Crippen LogP contribution is -2.43. The second kappa shape index (κ2) is 12.1. The fraction of sp³-hybridized carbons (Fsp3) is 0.200. The lowest BCUT2D eigenvalue weighted by molar-refractivity contribution is -0.394. The topological polar surface area (TPSA) is 140 Å². The highest BCUT2D eigenvalue weighted by Crippen LogP contribution is 2.24. The first kappa shape index (κ1) is 25.8. The summed E-state index contributed by atoms with van der Waals surface area (Å²) in [6.45, 7) is 3.72. The Morgan fingerprint density at radius 3 is 2.17 bits per heavy atom. The number of benzene rings is 2. The Morgan fingerprint density at radius 1 is 0.944 bits per heavy atom. The largest absolute Gasteiger partial charge is 0.467 e. The van der Waals surface area contributed by atoms with Gasteiger partial charge in [-0.15, -0.1) is 6.58 Å². The molecular formula is C25H24N4O7. The summed E-state index contributed by atoms with van der Waals surface area (Å²) < 4.78 is 5.39. The molecule has 0 spiro atoms. The molecule has 0 fully saturated rings. The second-order valence-electron chi connectivity index (χ2n) is 7.86. The third-order valence-corrected chi connectivity index (χ3v) is 5.33. The van der Waals surface area contributed by atoms with E-state index in [0.717, 1.165) is 28.7 Å². The monoisotopic (exact) mass is 492 g/mol. The van der Waals surface area contributed by atoms with Crippen LogP contribution in [0.3, 0.4) is 0 Å². The van der Waals surface area contributed by atoms with Crippen molar-refractivity contribution in [1.82, 2.24) is 9.80 Å². The van der Waals surface area contributed by atoms with Gasteiger partial charge in [0.05, 0.1) is 34.3 Å². The summed E-state index contributed by atoms with van der Waals surface area (Å²) >= 11 is 0. The highest BCUT2D eigenvalue weighted by molar-refractivity contribution is 5.97. The molecule has 36 heavy (non-hydrogen) atoms. The van der Waals surface area contributed by atoms with Crippen molar-refractivity contribution in [3.05, 3.63) is 117 Å². The minimum absolute atomic E-state index is 0.0473. The zero-order chi connectivity index (χ0) is 26.1. The van der Waals surface area contributed by atoms with Crippen molar-refractivity contribution >= 4 is 23.2 Å². The number of rotatable bonds is 12. The van der Waals surface area contributed by atoms with Crippen LogP contribution in [-0.4, -0.2) is 51.1 Å². The van der Waals surface area contributed by atoms with Gasteiger partial charge in [-0.2, -0.15) is 0 Å². The molecule has 0 saturated carbocycles. The minimum atomic E-state index is -0.818. The molecule has 1 aromatic heterocycles. The average molecular weight is 492 g/mol. The molecule has 3 aromatic rings. The van der Waals surface area contributed by atoms with E-state index < -0.39 is 33.0 Å². The molecule has 1 heterocycles. The van der Waals surface area contributed by atoms with Crippen molar-refractivity contribution in [3.8, 4) is 0 Å². The van der Waals surface area contributed by atoms with E-state index >= 15 is 0 Å². The molecule has 0 radical (unpaired) electrons. The van der Waals surface area contributed by atoms with Crippen LogP contribution in [0.4, 0.5) is 11.4 Å². The Bertz CT molecular complexity index is 1210. The van der Waals surface area contributed by atoms with Crippen molar-refractivity contribution in [2.24, 2.45) is 0 Å². The van der Waals surface area contributed by atoms with Crippen molar-refractivity contribution in [3.63, 3.8) is 0 Å². The summed E-state index contributed by atoms with van der Waals surface area (Å²) in [5, 5.41) is 22.5. The molecule has 0 aliphatic heterocycles. The number of nitro groups is 2. The smallest absolute Gasteiger partial charge is 0.277 e. The molecule has 2 amide bonds. The summed E-state index contributed by atoms with van der Waals surface area (Å²) in [5.41, 5.74) is -0.440. The van der Waals surface area contributed by atoms with Crippen LogP contribution in [0.1, 0.15) is 21.7 Å². The molecule has 186 valence electrons. The van der Waals surface area contributed by atoms with Gasteiger partial charge in [0.2, 0.25) is 5.91 Å². The van der Waals surface area contributed by atoms with Gasteiger partial charge in [0.15, 0.2) is 0 Å². The van der Waals surface area contributed by atoms with Crippen LogP contribution in [0.2, 0.25) is 0 Å². The number of carbonyl (C=O) groups excluding carboxylic acids is 2. The van der Waals surface area contributed by atoms with Crippen molar-refractivity contribution in [1.29, 1.82) is 0 Å². The van der Waals surface area contributed by atoms with E-state index in [9.17, 15) is 29.8 Å².